The van der Waals surface area contributed by atoms with E-state index in [4.69, 9.17) is 31.7 Å². The van der Waals surface area contributed by atoms with Gasteiger partial charge in [0.2, 0.25) is 11.7 Å². The fourth-order valence-corrected chi connectivity index (χ4v) is 2.85. The number of phosphoric acid groups is 1. The van der Waals surface area contributed by atoms with Crippen molar-refractivity contribution in [2.45, 2.75) is 23.3 Å². The molecule has 0 bridgehead atoms. The Labute approximate surface area is 128 Å². The van der Waals surface area contributed by atoms with Gasteiger partial charge >= 0.3 is 7.82 Å². The van der Waals surface area contributed by atoms with E-state index in [-0.39, 0.29) is 5.95 Å². The van der Waals surface area contributed by atoms with Crippen LogP contribution in [0.5, 0.6) is 0 Å². The van der Waals surface area contributed by atoms with Crippen molar-refractivity contribution in [2.75, 3.05) is 12.3 Å². The summed E-state index contributed by atoms with van der Waals surface area (Å²) in [5.41, 5.74) is 10.0. The summed E-state index contributed by atoms with van der Waals surface area (Å²) in [7, 11) is -5.37. The lowest BCUT2D eigenvalue weighted by Gasteiger charge is -2.41. The zero-order valence-electron chi connectivity index (χ0n) is 11.5. The van der Waals surface area contributed by atoms with Crippen LogP contribution in [0.4, 0.5) is 5.95 Å². The molecule has 11 N–H and O–H groups in total. The number of aliphatic hydroxyl groups is 3. The van der Waals surface area contributed by atoms with Crippen LogP contribution in [0, 0.1) is 0 Å². The van der Waals surface area contributed by atoms with Crippen LogP contribution < -0.4 is 17.2 Å². The number of anilines is 1. The number of aromatic nitrogens is 2. The Balaban J connectivity index is 2.66. The Bertz CT molecular complexity index is 655. The maximum Gasteiger partial charge on any atom is 0.471 e. The summed E-state index contributed by atoms with van der Waals surface area (Å²) in [4.78, 5) is 25.2. The summed E-state index contributed by atoms with van der Waals surface area (Å²) < 4.78 is 20.5. The molecule has 0 spiro atoms. The normalized spacial score (nSPS) is 38.0. The number of nitrogens with zero attached hydrogens (tertiary/aromatic N) is 2. The standard InChI is InChI=1S/C9H16N5O8P/c10-6-13-2-1-4(14-6)8(17)9(12,22-23(18,19)20)7(11,16)5(3-15)21-8/h1-2,5,15-17H,3,11-12H2,(H2,10,13,14)(H2,18,19,20)/t5-,7-,8?,9-/m1/s1. The molecule has 0 aliphatic carbocycles. The fourth-order valence-electron chi connectivity index (χ4n) is 2.21. The highest BCUT2D eigenvalue weighted by atomic mass is 31.2. The third-order valence-electron chi connectivity index (χ3n) is 3.35. The molecule has 130 valence electrons. The first-order valence-corrected chi connectivity index (χ1v) is 7.57. The van der Waals surface area contributed by atoms with E-state index in [1.165, 1.54) is 0 Å². The van der Waals surface area contributed by atoms with Crippen molar-refractivity contribution in [1.82, 2.24) is 9.97 Å². The molecule has 1 aromatic rings. The minimum atomic E-state index is -5.37. The quantitative estimate of drug-likeness (QED) is 0.190. The number of hydrogen-bond acceptors (Lipinski definition) is 11. The van der Waals surface area contributed by atoms with E-state index in [1.54, 1.807) is 0 Å². The van der Waals surface area contributed by atoms with Gasteiger partial charge in [-0.25, -0.2) is 14.5 Å². The minimum Gasteiger partial charge on any atom is -0.393 e. The first-order chi connectivity index (χ1) is 10.4. The minimum absolute atomic E-state index is 0.342. The molecule has 1 unspecified atom stereocenters. The van der Waals surface area contributed by atoms with Gasteiger partial charge in [-0.3, -0.25) is 16.0 Å². The molecule has 0 amide bonds. The Hall–Kier alpha value is -1.25. The summed E-state index contributed by atoms with van der Waals surface area (Å²) >= 11 is 0. The van der Waals surface area contributed by atoms with Crippen molar-refractivity contribution >= 4 is 13.8 Å². The van der Waals surface area contributed by atoms with Gasteiger partial charge in [-0.05, 0) is 6.07 Å². The summed E-state index contributed by atoms with van der Waals surface area (Å²) in [6.07, 6.45) is -0.682. The summed E-state index contributed by atoms with van der Waals surface area (Å²) in [5.74, 6) is -3.30. The van der Waals surface area contributed by atoms with E-state index >= 15 is 0 Å². The number of phosphoric ester groups is 1. The van der Waals surface area contributed by atoms with Gasteiger partial charge in [0, 0.05) is 6.20 Å². The SMILES string of the molecule is Nc1nccc(C2(O)O[C@H](CO)[C@@](N)(O)[C@@]2(N)OP(=O)(O)O)n1. The van der Waals surface area contributed by atoms with E-state index in [2.05, 4.69) is 14.5 Å². The first kappa shape index (κ1) is 18.1. The highest BCUT2D eigenvalue weighted by molar-refractivity contribution is 7.46. The Morgan fingerprint density at radius 1 is 1.39 bits per heavy atom. The monoisotopic (exact) mass is 353 g/mol. The molecule has 1 aliphatic heterocycles. The van der Waals surface area contributed by atoms with Crippen LogP contribution in [0.15, 0.2) is 12.3 Å². The van der Waals surface area contributed by atoms with Gasteiger partial charge in [-0.2, -0.15) is 0 Å². The van der Waals surface area contributed by atoms with Crippen molar-refractivity contribution in [2.24, 2.45) is 11.5 Å². The number of aliphatic hydroxyl groups excluding tert-OH is 1. The van der Waals surface area contributed by atoms with Crippen molar-refractivity contribution in [1.29, 1.82) is 0 Å². The maximum absolute atomic E-state index is 11.2. The molecule has 1 aliphatic rings. The number of ether oxygens (including phenoxy) is 1. The summed E-state index contributed by atoms with van der Waals surface area (Å²) in [5, 5.41) is 30.2. The van der Waals surface area contributed by atoms with Gasteiger partial charge in [0.25, 0.3) is 5.79 Å². The first-order valence-electron chi connectivity index (χ1n) is 6.04. The van der Waals surface area contributed by atoms with Crippen LogP contribution in [0.1, 0.15) is 5.69 Å². The topological polar surface area (TPSA) is 241 Å². The van der Waals surface area contributed by atoms with Crippen LogP contribution in [0.25, 0.3) is 0 Å². The van der Waals surface area contributed by atoms with Gasteiger partial charge in [0.15, 0.2) is 5.72 Å². The molecule has 1 saturated heterocycles. The molecule has 13 nitrogen and oxygen atoms in total. The van der Waals surface area contributed by atoms with Crippen LogP contribution in [0.3, 0.4) is 0 Å². The van der Waals surface area contributed by atoms with Crippen molar-refractivity contribution < 1.29 is 38.9 Å². The largest absolute Gasteiger partial charge is 0.471 e. The van der Waals surface area contributed by atoms with Crippen molar-refractivity contribution in [3.63, 3.8) is 0 Å². The second kappa shape index (κ2) is 5.39. The molecule has 0 saturated carbocycles. The average molecular weight is 353 g/mol. The van der Waals surface area contributed by atoms with Crippen LogP contribution >= 0.6 is 7.82 Å². The van der Waals surface area contributed by atoms with E-state index in [0.29, 0.717) is 0 Å². The summed E-state index contributed by atoms with van der Waals surface area (Å²) in [6.45, 7) is -0.959. The number of nitrogen functional groups attached to an aromatic ring is 1. The molecule has 2 heterocycles. The average Bonchev–Trinajstić information content (AvgIpc) is 2.55. The van der Waals surface area contributed by atoms with E-state index in [9.17, 15) is 19.9 Å². The van der Waals surface area contributed by atoms with Crippen molar-refractivity contribution in [3.05, 3.63) is 18.0 Å². The fraction of sp³-hybridized carbons (Fsp3) is 0.556. The second-order valence-corrected chi connectivity index (χ2v) is 6.04. The third kappa shape index (κ3) is 2.72. The Kier molecular flexibility index (Phi) is 4.24. The second-order valence-electron chi connectivity index (χ2n) is 4.88. The van der Waals surface area contributed by atoms with Crippen LogP contribution in [0.2, 0.25) is 0 Å². The zero-order valence-corrected chi connectivity index (χ0v) is 12.4. The number of hydrogen-bond donors (Lipinski definition) is 8. The molecule has 0 radical (unpaired) electrons. The predicted octanol–water partition coefficient (Wildman–Crippen LogP) is -3.99. The van der Waals surface area contributed by atoms with Crippen molar-refractivity contribution in [3.8, 4) is 0 Å². The molecule has 0 aromatic carbocycles. The zero-order chi connectivity index (χ0) is 17.7. The van der Waals surface area contributed by atoms with Gasteiger partial charge in [-0.1, -0.05) is 0 Å². The lowest BCUT2D eigenvalue weighted by atomic mass is 9.90. The smallest absolute Gasteiger partial charge is 0.393 e. The van der Waals surface area contributed by atoms with E-state index in [0.717, 1.165) is 12.3 Å². The molecule has 2 rings (SSSR count). The Morgan fingerprint density at radius 2 is 2.00 bits per heavy atom. The predicted molar refractivity (Wildman–Crippen MR) is 71.5 cm³/mol. The highest BCUT2D eigenvalue weighted by Crippen LogP contribution is 2.54. The number of nitrogens with two attached hydrogens (primary N) is 3. The molecule has 1 aromatic heterocycles. The molecule has 4 atom stereocenters. The van der Waals surface area contributed by atoms with Gasteiger partial charge < -0.3 is 35.6 Å². The van der Waals surface area contributed by atoms with Gasteiger partial charge in [0.05, 0.1) is 6.61 Å². The lowest BCUT2D eigenvalue weighted by Crippen LogP contribution is -2.74. The molecular weight excluding hydrogens is 337 g/mol. The molecule has 1 fully saturated rings. The number of rotatable bonds is 4. The van der Waals surface area contributed by atoms with Gasteiger partial charge in [-0.15, -0.1) is 0 Å². The van der Waals surface area contributed by atoms with Crippen LogP contribution in [-0.2, 0) is 19.6 Å². The van der Waals surface area contributed by atoms with E-state index in [1.807, 2.05) is 0 Å². The molecule has 14 heteroatoms. The maximum atomic E-state index is 11.2. The Morgan fingerprint density at radius 3 is 2.48 bits per heavy atom. The van der Waals surface area contributed by atoms with Gasteiger partial charge in [0.1, 0.15) is 11.8 Å². The lowest BCUT2D eigenvalue weighted by molar-refractivity contribution is -0.278. The third-order valence-corrected chi connectivity index (χ3v) is 3.88. The van der Waals surface area contributed by atoms with Crippen LogP contribution in [-0.4, -0.2) is 59.2 Å². The molecule has 23 heavy (non-hydrogen) atoms. The summed E-state index contributed by atoms with van der Waals surface area (Å²) in [6, 6.07) is 1.04. The van der Waals surface area contributed by atoms with E-state index < -0.39 is 43.5 Å². The molecular formula is C9H16N5O8P. The highest BCUT2D eigenvalue weighted by Gasteiger charge is 2.75.